The van der Waals surface area contributed by atoms with Gasteiger partial charge in [0, 0.05) is 38.9 Å². The van der Waals surface area contributed by atoms with Crippen LogP contribution in [0.15, 0.2) is 42.5 Å². The van der Waals surface area contributed by atoms with Gasteiger partial charge in [0.15, 0.2) is 11.5 Å². The number of ether oxygens (including phenoxy) is 2. The van der Waals surface area contributed by atoms with Gasteiger partial charge in [-0.15, -0.1) is 10.2 Å². The van der Waals surface area contributed by atoms with Crippen molar-refractivity contribution in [3.05, 3.63) is 58.7 Å². The lowest BCUT2D eigenvalue weighted by Gasteiger charge is -2.33. The third kappa shape index (κ3) is 4.09. The van der Waals surface area contributed by atoms with E-state index in [9.17, 15) is 0 Å². The van der Waals surface area contributed by atoms with E-state index in [1.807, 2.05) is 31.2 Å². The Balaban J connectivity index is 1.53. The number of fused-ring (bicyclic) bond motifs is 3. The van der Waals surface area contributed by atoms with E-state index in [4.69, 9.17) is 26.1 Å². The highest BCUT2D eigenvalue weighted by atomic mass is 35.5. The van der Waals surface area contributed by atoms with Crippen molar-refractivity contribution in [2.75, 3.05) is 33.4 Å². The summed E-state index contributed by atoms with van der Waals surface area (Å²) in [6.45, 7) is 6.09. The van der Waals surface area contributed by atoms with Crippen LogP contribution in [0.4, 0.5) is 0 Å². The van der Waals surface area contributed by atoms with Crippen LogP contribution in [-0.2, 0) is 16.0 Å². The molecule has 1 aliphatic rings. The van der Waals surface area contributed by atoms with Crippen LogP contribution in [-0.4, -0.2) is 64.0 Å². The van der Waals surface area contributed by atoms with Gasteiger partial charge in [-0.3, -0.25) is 9.30 Å². The molecule has 1 atom stereocenters. The van der Waals surface area contributed by atoms with Gasteiger partial charge >= 0.3 is 0 Å². The van der Waals surface area contributed by atoms with Crippen molar-refractivity contribution in [2.24, 2.45) is 0 Å². The normalized spacial score (nSPS) is 17.4. The Morgan fingerprint density at radius 2 is 2.06 bits per heavy atom. The number of rotatable bonds is 6. The van der Waals surface area contributed by atoms with Crippen LogP contribution in [0.25, 0.3) is 28.1 Å². The van der Waals surface area contributed by atoms with E-state index in [2.05, 4.69) is 37.7 Å². The van der Waals surface area contributed by atoms with Crippen LogP contribution in [0.3, 0.4) is 0 Å². The first-order chi connectivity index (χ1) is 15.6. The Kier molecular flexibility index (Phi) is 6.06. The first-order valence-corrected chi connectivity index (χ1v) is 11.2. The van der Waals surface area contributed by atoms with Crippen molar-refractivity contribution in [1.82, 2.24) is 24.5 Å². The Labute approximate surface area is 191 Å². The number of aromatic nitrogens is 4. The average Bonchev–Trinajstić information content (AvgIpc) is 3.25. The van der Waals surface area contributed by atoms with Gasteiger partial charge in [0.2, 0.25) is 0 Å². The van der Waals surface area contributed by atoms with Crippen LogP contribution in [0.2, 0.25) is 5.02 Å². The van der Waals surface area contributed by atoms with Gasteiger partial charge in [0.1, 0.15) is 0 Å². The summed E-state index contributed by atoms with van der Waals surface area (Å²) in [4.78, 5) is 7.20. The molecular weight excluding hydrogens is 426 g/mol. The highest BCUT2D eigenvalue weighted by molar-refractivity contribution is 6.33. The molecule has 0 radical (unpaired) electrons. The topological polar surface area (TPSA) is 64.8 Å². The highest BCUT2D eigenvalue weighted by Gasteiger charge is 2.21. The zero-order valence-corrected chi connectivity index (χ0v) is 19.0. The fourth-order valence-electron chi connectivity index (χ4n) is 4.34. The standard InChI is InChI=1S/C24H26ClN5O2/c1-16-23-27-28-24(19-5-3-4-6-20(19)25)30(23)22-13-17(7-8-21(22)26-16)14-29-10-12-32-18(15-29)9-11-31-2/h3-8,13,18H,9-12,14-15H2,1-2H3. The van der Waals surface area contributed by atoms with E-state index >= 15 is 0 Å². The Morgan fingerprint density at radius 1 is 1.19 bits per heavy atom. The molecule has 0 bridgehead atoms. The molecule has 0 spiro atoms. The van der Waals surface area contributed by atoms with E-state index in [0.29, 0.717) is 5.02 Å². The molecule has 7 nitrogen and oxygen atoms in total. The summed E-state index contributed by atoms with van der Waals surface area (Å²) < 4.78 is 13.2. The minimum absolute atomic E-state index is 0.213. The number of halogens is 1. The van der Waals surface area contributed by atoms with E-state index in [-0.39, 0.29) is 6.10 Å². The van der Waals surface area contributed by atoms with Gasteiger partial charge in [0.25, 0.3) is 0 Å². The summed E-state index contributed by atoms with van der Waals surface area (Å²) >= 11 is 6.49. The van der Waals surface area contributed by atoms with Crippen LogP contribution < -0.4 is 0 Å². The molecule has 0 N–H and O–H groups in total. The molecule has 0 saturated carbocycles. The number of benzene rings is 2. The van der Waals surface area contributed by atoms with Crippen molar-refractivity contribution in [3.8, 4) is 11.4 Å². The van der Waals surface area contributed by atoms with Gasteiger partial charge < -0.3 is 9.47 Å². The molecular formula is C24H26ClN5O2. The molecule has 32 heavy (non-hydrogen) atoms. The maximum absolute atomic E-state index is 6.49. The third-order valence-corrected chi connectivity index (χ3v) is 6.27. The lowest BCUT2D eigenvalue weighted by atomic mass is 10.1. The predicted octanol–water partition coefficient (Wildman–Crippen LogP) is 4.14. The summed E-state index contributed by atoms with van der Waals surface area (Å²) in [5.41, 5.74) is 5.54. The maximum Gasteiger partial charge on any atom is 0.183 e. The second-order valence-corrected chi connectivity index (χ2v) is 8.60. The number of aryl methyl sites for hydroxylation is 1. The van der Waals surface area contributed by atoms with Crippen molar-refractivity contribution in [1.29, 1.82) is 0 Å². The third-order valence-electron chi connectivity index (χ3n) is 5.94. The first-order valence-electron chi connectivity index (χ1n) is 10.9. The van der Waals surface area contributed by atoms with Crippen molar-refractivity contribution in [2.45, 2.75) is 26.0 Å². The van der Waals surface area contributed by atoms with Crippen LogP contribution in [0, 0.1) is 6.92 Å². The molecule has 2 aromatic heterocycles. The van der Waals surface area contributed by atoms with Gasteiger partial charge in [-0.25, -0.2) is 4.98 Å². The quantitative estimate of drug-likeness (QED) is 0.439. The molecule has 166 valence electrons. The Hall–Kier alpha value is -2.58. The summed E-state index contributed by atoms with van der Waals surface area (Å²) in [6.07, 6.45) is 1.13. The molecule has 5 rings (SSSR count). The van der Waals surface area contributed by atoms with Crippen molar-refractivity contribution in [3.63, 3.8) is 0 Å². The molecule has 2 aromatic carbocycles. The predicted molar refractivity (Wildman–Crippen MR) is 125 cm³/mol. The van der Waals surface area contributed by atoms with Gasteiger partial charge in [-0.2, -0.15) is 0 Å². The second-order valence-electron chi connectivity index (χ2n) is 8.19. The van der Waals surface area contributed by atoms with Gasteiger partial charge in [-0.05, 0) is 43.2 Å². The van der Waals surface area contributed by atoms with Crippen LogP contribution in [0.1, 0.15) is 17.7 Å². The summed E-state index contributed by atoms with van der Waals surface area (Å²) in [5.74, 6) is 0.726. The Morgan fingerprint density at radius 3 is 2.91 bits per heavy atom. The van der Waals surface area contributed by atoms with Crippen molar-refractivity contribution >= 4 is 28.3 Å². The molecule has 0 aliphatic carbocycles. The molecule has 4 aromatic rings. The largest absolute Gasteiger partial charge is 0.385 e. The van der Waals surface area contributed by atoms with Gasteiger partial charge in [0.05, 0.1) is 34.5 Å². The number of morpholine rings is 1. The van der Waals surface area contributed by atoms with Gasteiger partial charge in [-0.1, -0.05) is 29.8 Å². The van der Waals surface area contributed by atoms with E-state index in [1.165, 1.54) is 5.56 Å². The molecule has 3 heterocycles. The van der Waals surface area contributed by atoms with Crippen molar-refractivity contribution < 1.29 is 9.47 Å². The summed E-state index contributed by atoms with van der Waals surface area (Å²) in [5, 5.41) is 9.54. The van der Waals surface area contributed by atoms with Crippen LogP contribution in [0.5, 0.6) is 0 Å². The number of hydrogen-bond donors (Lipinski definition) is 0. The van der Waals surface area contributed by atoms with E-state index < -0.39 is 0 Å². The lowest BCUT2D eigenvalue weighted by molar-refractivity contribution is -0.0432. The summed E-state index contributed by atoms with van der Waals surface area (Å²) in [6, 6.07) is 14.1. The molecule has 1 unspecified atom stereocenters. The zero-order chi connectivity index (χ0) is 22.1. The molecule has 8 heteroatoms. The molecule has 1 fully saturated rings. The number of nitrogens with zero attached hydrogens (tertiary/aromatic N) is 5. The Bertz CT molecular complexity index is 1260. The molecule has 1 aliphatic heterocycles. The van der Waals surface area contributed by atoms with E-state index in [0.717, 1.165) is 73.0 Å². The molecule has 0 amide bonds. The fraction of sp³-hybridized carbons (Fsp3) is 0.375. The number of methoxy groups -OCH3 is 1. The highest BCUT2D eigenvalue weighted by Crippen LogP contribution is 2.30. The lowest BCUT2D eigenvalue weighted by Crippen LogP contribution is -2.42. The monoisotopic (exact) mass is 451 g/mol. The maximum atomic E-state index is 6.49. The smallest absolute Gasteiger partial charge is 0.183 e. The number of hydrogen-bond acceptors (Lipinski definition) is 6. The average molecular weight is 452 g/mol. The summed E-state index contributed by atoms with van der Waals surface area (Å²) in [7, 11) is 1.73. The SMILES string of the molecule is COCCC1CN(Cc2ccc3nc(C)c4nnc(-c5ccccc5Cl)n4c3c2)CCO1. The van der Waals surface area contributed by atoms with E-state index in [1.54, 1.807) is 7.11 Å². The zero-order valence-electron chi connectivity index (χ0n) is 18.3. The minimum Gasteiger partial charge on any atom is -0.385 e. The fourth-order valence-corrected chi connectivity index (χ4v) is 4.56. The van der Waals surface area contributed by atoms with Crippen LogP contribution >= 0.6 is 11.6 Å². The second kappa shape index (κ2) is 9.11. The minimum atomic E-state index is 0.213. The first kappa shape index (κ1) is 21.3. The molecule has 1 saturated heterocycles.